The Hall–Kier alpha value is -0.580. The summed E-state index contributed by atoms with van der Waals surface area (Å²) in [5, 5.41) is 9.60. The van der Waals surface area contributed by atoms with E-state index in [1.54, 1.807) is 23.1 Å². The monoisotopic (exact) mass is 333 g/mol. The van der Waals surface area contributed by atoms with Crippen molar-refractivity contribution in [3.05, 3.63) is 33.3 Å². The number of rotatable bonds is 6. The molecule has 0 radical (unpaired) electrons. The predicted octanol–water partition coefficient (Wildman–Crippen LogP) is 3.34. The van der Waals surface area contributed by atoms with Crippen molar-refractivity contribution in [1.29, 1.82) is 0 Å². The Kier molecular flexibility index (Phi) is 6.68. The van der Waals surface area contributed by atoms with Crippen LogP contribution >= 0.6 is 27.5 Å². The van der Waals surface area contributed by atoms with E-state index in [0.29, 0.717) is 28.1 Å². The van der Waals surface area contributed by atoms with Crippen LogP contribution in [0.3, 0.4) is 0 Å². The van der Waals surface area contributed by atoms with Gasteiger partial charge in [0.1, 0.15) is 0 Å². The van der Waals surface area contributed by atoms with Crippen molar-refractivity contribution in [2.45, 2.75) is 19.8 Å². The van der Waals surface area contributed by atoms with Gasteiger partial charge in [-0.15, -0.1) is 0 Å². The Labute approximate surface area is 121 Å². The van der Waals surface area contributed by atoms with Crippen molar-refractivity contribution in [3.63, 3.8) is 0 Å². The Morgan fingerprint density at radius 1 is 1.44 bits per heavy atom. The van der Waals surface area contributed by atoms with Crippen LogP contribution in [0.15, 0.2) is 22.7 Å². The molecule has 5 heteroatoms. The molecule has 1 amide bonds. The van der Waals surface area contributed by atoms with E-state index in [-0.39, 0.29) is 12.5 Å². The van der Waals surface area contributed by atoms with Gasteiger partial charge in [-0.05, 0) is 40.5 Å². The van der Waals surface area contributed by atoms with Crippen LogP contribution in [0.1, 0.15) is 30.1 Å². The minimum absolute atomic E-state index is 0.0271. The Morgan fingerprint density at radius 3 is 2.72 bits per heavy atom. The van der Waals surface area contributed by atoms with E-state index >= 15 is 0 Å². The lowest BCUT2D eigenvalue weighted by Crippen LogP contribution is -2.34. The first-order valence-electron chi connectivity index (χ1n) is 5.95. The highest BCUT2D eigenvalue weighted by Crippen LogP contribution is 2.23. The number of nitrogens with zero attached hydrogens (tertiary/aromatic N) is 1. The second-order valence-electron chi connectivity index (χ2n) is 3.99. The molecule has 0 fully saturated rings. The van der Waals surface area contributed by atoms with Crippen molar-refractivity contribution in [1.82, 2.24) is 4.90 Å². The zero-order chi connectivity index (χ0) is 13.5. The van der Waals surface area contributed by atoms with Gasteiger partial charge in [-0.3, -0.25) is 4.79 Å². The van der Waals surface area contributed by atoms with Crippen LogP contribution in [0.25, 0.3) is 0 Å². The summed E-state index contributed by atoms with van der Waals surface area (Å²) in [6, 6.07) is 5.09. The van der Waals surface area contributed by atoms with E-state index in [4.69, 9.17) is 16.7 Å². The molecule has 18 heavy (non-hydrogen) atoms. The SMILES string of the molecule is CCCCN(CCO)C(=O)c1ccc(Cl)cc1Br. The van der Waals surface area contributed by atoms with E-state index in [2.05, 4.69) is 22.9 Å². The topological polar surface area (TPSA) is 40.5 Å². The van der Waals surface area contributed by atoms with Gasteiger partial charge in [0.05, 0.1) is 12.2 Å². The number of carbonyl (C=O) groups excluding carboxylic acids is 1. The van der Waals surface area contributed by atoms with Crippen LogP contribution in [0.4, 0.5) is 0 Å². The molecule has 0 bridgehead atoms. The highest BCUT2D eigenvalue weighted by atomic mass is 79.9. The van der Waals surface area contributed by atoms with Crippen molar-refractivity contribution in [3.8, 4) is 0 Å². The third kappa shape index (κ3) is 4.26. The van der Waals surface area contributed by atoms with Crippen LogP contribution < -0.4 is 0 Å². The molecule has 0 heterocycles. The number of unbranched alkanes of at least 4 members (excludes halogenated alkanes) is 1. The van der Waals surface area contributed by atoms with Gasteiger partial charge < -0.3 is 10.0 Å². The molecule has 1 rings (SSSR count). The van der Waals surface area contributed by atoms with Gasteiger partial charge >= 0.3 is 0 Å². The van der Waals surface area contributed by atoms with Crippen LogP contribution in [-0.2, 0) is 0 Å². The van der Waals surface area contributed by atoms with E-state index in [9.17, 15) is 4.79 Å². The van der Waals surface area contributed by atoms with Gasteiger partial charge in [0.2, 0.25) is 0 Å². The smallest absolute Gasteiger partial charge is 0.255 e. The van der Waals surface area contributed by atoms with Crippen molar-refractivity contribution in [2.75, 3.05) is 19.7 Å². The molecule has 0 unspecified atom stereocenters. The number of benzene rings is 1. The lowest BCUT2D eigenvalue weighted by molar-refractivity contribution is 0.0718. The summed E-state index contributed by atoms with van der Waals surface area (Å²) in [6.07, 6.45) is 1.94. The maximum Gasteiger partial charge on any atom is 0.255 e. The summed E-state index contributed by atoms with van der Waals surface area (Å²) in [6.45, 7) is 3.05. The highest BCUT2D eigenvalue weighted by Gasteiger charge is 2.17. The molecule has 0 spiro atoms. The maximum absolute atomic E-state index is 12.3. The molecule has 1 aromatic rings. The van der Waals surface area contributed by atoms with Crippen LogP contribution in [0.2, 0.25) is 5.02 Å². The van der Waals surface area contributed by atoms with E-state index in [1.807, 2.05) is 0 Å². The molecule has 1 N–H and O–H groups in total. The lowest BCUT2D eigenvalue weighted by atomic mass is 10.2. The quantitative estimate of drug-likeness (QED) is 0.867. The van der Waals surface area contributed by atoms with Crippen LogP contribution in [0, 0.1) is 0 Å². The van der Waals surface area contributed by atoms with Gasteiger partial charge in [-0.25, -0.2) is 0 Å². The van der Waals surface area contributed by atoms with Crippen LogP contribution in [0.5, 0.6) is 0 Å². The standard InChI is InChI=1S/C13H17BrClNO2/c1-2-3-6-16(7-8-17)13(18)11-5-4-10(15)9-12(11)14/h4-5,9,17H,2-3,6-8H2,1H3. The number of aliphatic hydroxyl groups excluding tert-OH is 1. The first kappa shape index (κ1) is 15.5. The molecule has 0 aliphatic heterocycles. The van der Waals surface area contributed by atoms with Crippen LogP contribution in [-0.4, -0.2) is 35.6 Å². The lowest BCUT2D eigenvalue weighted by Gasteiger charge is -2.22. The Morgan fingerprint density at radius 2 is 2.17 bits per heavy atom. The fraction of sp³-hybridized carbons (Fsp3) is 0.462. The largest absolute Gasteiger partial charge is 0.395 e. The number of hydrogen-bond acceptors (Lipinski definition) is 2. The maximum atomic E-state index is 12.3. The second kappa shape index (κ2) is 7.77. The summed E-state index contributed by atoms with van der Waals surface area (Å²) < 4.78 is 0.680. The Balaban J connectivity index is 2.87. The fourth-order valence-electron chi connectivity index (χ4n) is 1.62. The summed E-state index contributed by atoms with van der Waals surface area (Å²) >= 11 is 9.19. The predicted molar refractivity (Wildman–Crippen MR) is 77.0 cm³/mol. The third-order valence-electron chi connectivity index (χ3n) is 2.60. The van der Waals surface area contributed by atoms with Crippen molar-refractivity contribution in [2.24, 2.45) is 0 Å². The minimum atomic E-state index is -0.0824. The van der Waals surface area contributed by atoms with E-state index in [1.165, 1.54) is 0 Å². The van der Waals surface area contributed by atoms with E-state index in [0.717, 1.165) is 12.8 Å². The number of carbonyl (C=O) groups is 1. The number of halogens is 2. The number of amides is 1. The van der Waals surface area contributed by atoms with Gasteiger partial charge in [0, 0.05) is 22.6 Å². The summed E-state index contributed by atoms with van der Waals surface area (Å²) in [5.41, 5.74) is 0.573. The molecular formula is C13H17BrClNO2. The molecule has 0 aliphatic carbocycles. The van der Waals surface area contributed by atoms with Gasteiger partial charge in [-0.1, -0.05) is 24.9 Å². The van der Waals surface area contributed by atoms with Gasteiger partial charge in [-0.2, -0.15) is 0 Å². The molecule has 0 aromatic heterocycles. The fourth-order valence-corrected chi connectivity index (χ4v) is 2.47. The summed E-state index contributed by atoms with van der Waals surface area (Å²) in [7, 11) is 0. The highest BCUT2D eigenvalue weighted by molar-refractivity contribution is 9.10. The number of aliphatic hydroxyl groups is 1. The normalized spacial score (nSPS) is 10.4. The zero-order valence-electron chi connectivity index (χ0n) is 10.3. The molecule has 0 saturated heterocycles. The minimum Gasteiger partial charge on any atom is -0.395 e. The van der Waals surface area contributed by atoms with Gasteiger partial charge in [0.15, 0.2) is 0 Å². The zero-order valence-corrected chi connectivity index (χ0v) is 12.7. The van der Waals surface area contributed by atoms with Gasteiger partial charge in [0.25, 0.3) is 5.91 Å². The molecule has 0 aliphatic rings. The molecule has 100 valence electrons. The second-order valence-corrected chi connectivity index (χ2v) is 5.28. The summed E-state index contributed by atoms with van der Waals surface area (Å²) in [5.74, 6) is -0.0824. The average Bonchev–Trinajstić information content (AvgIpc) is 2.33. The van der Waals surface area contributed by atoms with Crippen molar-refractivity contribution < 1.29 is 9.90 Å². The number of hydrogen-bond donors (Lipinski definition) is 1. The Bertz CT molecular complexity index is 412. The third-order valence-corrected chi connectivity index (χ3v) is 3.49. The molecular weight excluding hydrogens is 318 g/mol. The first-order valence-corrected chi connectivity index (χ1v) is 7.12. The average molecular weight is 335 g/mol. The first-order chi connectivity index (χ1) is 8.60. The molecule has 0 saturated carbocycles. The molecule has 3 nitrogen and oxygen atoms in total. The summed E-state index contributed by atoms with van der Waals surface area (Å²) in [4.78, 5) is 14.0. The van der Waals surface area contributed by atoms with Crippen molar-refractivity contribution >= 4 is 33.4 Å². The molecule has 0 atom stereocenters. The van der Waals surface area contributed by atoms with E-state index < -0.39 is 0 Å². The molecule has 1 aromatic carbocycles.